The first-order valence-corrected chi connectivity index (χ1v) is 14.6. The van der Waals surface area contributed by atoms with Crippen molar-refractivity contribution in [1.29, 1.82) is 0 Å². The van der Waals surface area contributed by atoms with E-state index in [2.05, 4.69) is 5.32 Å². The van der Waals surface area contributed by atoms with Crippen LogP contribution < -0.4 is 10.1 Å². The molecule has 1 heterocycles. The Labute approximate surface area is 261 Å². The third-order valence-corrected chi connectivity index (χ3v) is 7.57. The van der Waals surface area contributed by atoms with Crippen LogP contribution in [0.3, 0.4) is 0 Å². The van der Waals surface area contributed by atoms with Gasteiger partial charge in [-0.05, 0) is 69.0 Å². The molecule has 43 heavy (non-hydrogen) atoms. The number of methoxy groups -OCH3 is 1. The minimum absolute atomic E-state index is 0.101. The Morgan fingerprint density at radius 2 is 1.93 bits per heavy atom. The van der Waals surface area contributed by atoms with Gasteiger partial charge in [-0.15, -0.1) is 0 Å². The zero-order valence-electron chi connectivity index (χ0n) is 25.1. The molecule has 2 aromatic carbocycles. The maximum atomic E-state index is 13.8. The average molecular weight is 633 g/mol. The molecule has 3 amide bonds. The fraction of sp³-hybridized carbons (Fsp3) is 0.467. The van der Waals surface area contributed by atoms with E-state index in [1.807, 2.05) is 6.92 Å². The number of nitrogens with zero attached hydrogens (tertiary/aromatic N) is 3. The average Bonchev–Trinajstić information content (AvgIpc) is 3.03. The summed E-state index contributed by atoms with van der Waals surface area (Å²) in [6.07, 6.45) is 1.30. The van der Waals surface area contributed by atoms with Gasteiger partial charge in [0.25, 0.3) is 5.69 Å². The molecule has 1 fully saturated rings. The molecule has 2 aromatic rings. The smallest absolute Gasteiger partial charge is 0.345 e. The first kappa shape index (κ1) is 33.7. The lowest BCUT2D eigenvalue weighted by atomic mass is 9.97. The molecule has 3 rings (SSSR count). The van der Waals surface area contributed by atoms with Crippen LogP contribution in [-0.4, -0.2) is 70.5 Å². The van der Waals surface area contributed by atoms with Gasteiger partial charge in [0.05, 0.1) is 35.5 Å². The third kappa shape index (κ3) is 8.64. The number of thiocarbonyl (C=S) groups is 1. The molecule has 1 aliphatic rings. The van der Waals surface area contributed by atoms with Gasteiger partial charge in [-0.1, -0.05) is 43.2 Å². The largest absolute Gasteiger partial charge is 0.496 e. The van der Waals surface area contributed by atoms with E-state index in [0.29, 0.717) is 34.2 Å². The number of halogens is 1. The molecule has 232 valence electrons. The Morgan fingerprint density at radius 1 is 1.23 bits per heavy atom. The van der Waals surface area contributed by atoms with Crippen molar-refractivity contribution in [1.82, 2.24) is 15.1 Å². The van der Waals surface area contributed by atoms with Crippen LogP contribution in [0.1, 0.15) is 68.1 Å². The second-order valence-corrected chi connectivity index (χ2v) is 12.3. The number of amides is 3. The van der Waals surface area contributed by atoms with Crippen molar-refractivity contribution >= 4 is 52.4 Å². The fourth-order valence-electron chi connectivity index (χ4n) is 4.82. The Hall–Kier alpha value is -3.77. The van der Waals surface area contributed by atoms with E-state index in [1.165, 1.54) is 19.2 Å². The Kier molecular flexibility index (Phi) is 11.1. The SMILES string of the molecule is CCC[C@@H](NC(=O)N1CC(=S)N(C)C[C@H](Cc2cc(Cl)ccc2OC)C1=O)c1ccc(C(=O)OC(C)(C)C)c([N+](=O)[O-])c1. The van der Waals surface area contributed by atoms with Crippen LogP contribution in [0.2, 0.25) is 5.02 Å². The van der Waals surface area contributed by atoms with Crippen LogP contribution in [0.5, 0.6) is 5.75 Å². The van der Waals surface area contributed by atoms with Crippen molar-refractivity contribution in [2.24, 2.45) is 5.92 Å². The highest BCUT2D eigenvalue weighted by atomic mass is 35.5. The number of nitrogens with one attached hydrogen (secondary N) is 1. The van der Waals surface area contributed by atoms with Gasteiger partial charge < -0.3 is 19.7 Å². The lowest BCUT2D eigenvalue weighted by Crippen LogP contribution is -2.48. The monoisotopic (exact) mass is 632 g/mol. The molecule has 0 saturated carbocycles. The van der Waals surface area contributed by atoms with E-state index in [0.717, 1.165) is 10.5 Å². The Balaban J connectivity index is 1.91. The van der Waals surface area contributed by atoms with Gasteiger partial charge in [-0.25, -0.2) is 9.59 Å². The van der Waals surface area contributed by atoms with Gasteiger partial charge in [-0.3, -0.25) is 19.8 Å². The zero-order chi connectivity index (χ0) is 32.1. The van der Waals surface area contributed by atoms with Crippen LogP contribution in [0, 0.1) is 16.0 Å². The lowest BCUT2D eigenvalue weighted by Gasteiger charge is -2.26. The van der Waals surface area contributed by atoms with E-state index in [1.54, 1.807) is 57.0 Å². The molecule has 1 aliphatic heterocycles. The molecule has 2 atom stereocenters. The first-order valence-electron chi connectivity index (χ1n) is 13.8. The molecule has 0 spiro atoms. The van der Waals surface area contributed by atoms with E-state index in [4.69, 9.17) is 33.3 Å². The summed E-state index contributed by atoms with van der Waals surface area (Å²) < 4.78 is 10.8. The maximum Gasteiger partial charge on any atom is 0.345 e. The minimum Gasteiger partial charge on any atom is -0.496 e. The molecule has 1 saturated heterocycles. The van der Waals surface area contributed by atoms with Gasteiger partial charge in [-0.2, -0.15) is 0 Å². The number of carbonyl (C=O) groups is 3. The number of rotatable bonds is 9. The molecular weight excluding hydrogens is 596 g/mol. The van der Waals surface area contributed by atoms with Crippen molar-refractivity contribution < 1.29 is 28.8 Å². The van der Waals surface area contributed by atoms with Crippen molar-refractivity contribution in [3.05, 3.63) is 68.2 Å². The summed E-state index contributed by atoms with van der Waals surface area (Å²) in [5, 5.41) is 15.3. The number of benzene rings is 2. The van der Waals surface area contributed by atoms with Crippen molar-refractivity contribution in [2.45, 2.75) is 58.6 Å². The van der Waals surface area contributed by atoms with Crippen molar-refractivity contribution in [3.8, 4) is 5.75 Å². The van der Waals surface area contributed by atoms with Gasteiger partial charge >= 0.3 is 12.0 Å². The molecule has 0 unspecified atom stereocenters. The highest BCUT2D eigenvalue weighted by Crippen LogP contribution is 2.30. The number of carbonyl (C=O) groups excluding carboxylic acids is 3. The minimum atomic E-state index is -0.841. The van der Waals surface area contributed by atoms with Gasteiger partial charge in [0.15, 0.2) is 0 Å². The van der Waals surface area contributed by atoms with Crippen molar-refractivity contribution in [3.63, 3.8) is 0 Å². The molecule has 0 aliphatic carbocycles. The highest BCUT2D eigenvalue weighted by molar-refractivity contribution is 7.80. The summed E-state index contributed by atoms with van der Waals surface area (Å²) in [5.41, 5.74) is -0.341. The third-order valence-electron chi connectivity index (χ3n) is 6.90. The molecule has 0 bridgehead atoms. The Bertz CT molecular complexity index is 1410. The number of nitro benzene ring substituents is 1. The summed E-state index contributed by atoms with van der Waals surface area (Å²) in [6, 6.07) is 7.91. The topological polar surface area (TPSA) is 131 Å². The lowest BCUT2D eigenvalue weighted by molar-refractivity contribution is -0.385. The van der Waals surface area contributed by atoms with E-state index < -0.39 is 46.1 Å². The number of urea groups is 1. The van der Waals surface area contributed by atoms with Gasteiger partial charge in [0.1, 0.15) is 16.9 Å². The summed E-state index contributed by atoms with van der Waals surface area (Å²) in [7, 11) is 3.30. The molecule has 0 aromatic heterocycles. The van der Waals surface area contributed by atoms with E-state index in [9.17, 15) is 24.5 Å². The number of hydrogen-bond acceptors (Lipinski definition) is 8. The van der Waals surface area contributed by atoms with Crippen LogP contribution in [0.15, 0.2) is 36.4 Å². The quantitative estimate of drug-likeness (QED) is 0.159. The summed E-state index contributed by atoms with van der Waals surface area (Å²) in [6.45, 7) is 7.09. The van der Waals surface area contributed by atoms with Gasteiger partial charge in [0, 0.05) is 24.7 Å². The predicted octanol–water partition coefficient (Wildman–Crippen LogP) is 5.72. The maximum absolute atomic E-state index is 13.8. The predicted molar refractivity (Wildman–Crippen MR) is 167 cm³/mol. The van der Waals surface area contributed by atoms with Gasteiger partial charge in [0.2, 0.25) is 5.91 Å². The van der Waals surface area contributed by atoms with E-state index >= 15 is 0 Å². The Morgan fingerprint density at radius 3 is 2.53 bits per heavy atom. The number of likely N-dealkylation sites (N-methyl/N-ethyl adjacent to an activating group) is 1. The number of esters is 1. The molecule has 11 nitrogen and oxygen atoms in total. The first-order chi connectivity index (χ1) is 20.1. The van der Waals surface area contributed by atoms with Crippen LogP contribution in [-0.2, 0) is 16.0 Å². The summed E-state index contributed by atoms with van der Waals surface area (Å²) in [4.78, 5) is 54.6. The summed E-state index contributed by atoms with van der Waals surface area (Å²) >= 11 is 11.7. The number of imide groups is 1. The molecule has 0 radical (unpaired) electrons. The standard InChI is InChI=1S/C30H37ClN4O7S/c1-7-8-23(18-9-11-22(24(15-18)35(39)40)28(37)42-30(2,3)4)32-29(38)34-17-26(43)33(5)16-20(27(34)36)13-19-14-21(31)10-12-25(19)41-6/h9-12,14-15,20,23H,7-8,13,16-17H2,1-6H3,(H,32,38)/t20-,23+/m0/s1. The zero-order valence-corrected chi connectivity index (χ0v) is 26.7. The molecular formula is C30H37ClN4O7S. The normalized spacial score (nSPS) is 16.4. The summed E-state index contributed by atoms with van der Waals surface area (Å²) in [5.74, 6) is -1.31. The number of ether oxygens (including phenoxy) is 2. The highest BCUT2D eigenvalue weighted by Gasteiger charge is 2.36. The number of nitro groups is 1. The van der Waals surface area contributed by atoms with Crippen LogP contribution in [0.4, 0.5) is 10.5 Å². The fourth-order valence-corrected chi connectivity index (χ4v) is 5.22. The molecule has 1 N–H and O–H groups in total. The second-order valence-electron chi connectivity index (χ2n) is 11.4. The second kappa shape index (κ2) is 14.1. The van der Waals surface area contributed by atoms with Crippen LogP contribution in [0.25, 0.3) is 0 Å². The molecule has 13 heteroatoms. The number of hydrogen-bond donors (Lipinski definition) is 1. The van der Waals surface area contributed by atoms with Crippen LogP contribution >= 0.6 is 23.8 Å². The van der Waals surface area contributed by atoms with Crippen molar-refractivity contribution in [2.75, 3.05) is 27.2 Å². The van der Waals surface area contributed by atoms with E-state index in [-0.39, 0.29) is 25.1 Å².